The van der Waals surface area contributed by atoms with Gasteiger partial charge >= 0.3 is 0 Å². The summed E-state index contributed by atoms with van der Waals surface area (Å²) in [6.45, 7) is 5.75. The normalized spacial score (nSPS) is 11.0. The van der Waals surface area contributed by atoms with Gasteiger partial charge in [0.05, 0.1) is 33.5 Å². The summed E-state index contributed by atoms with van der Waals surface area (Å²) in [6, 6.07) is 8.82. The van der Waals surface area contributed by atoms with Gasteiger partial charge < -0.3 is 14.8 Å². The summed E-state index contributed by atoms with van der Waals surface area (Å²) in [7, 11) is 1.51. The molecule has 0 aliphatic heterocycles. The van der Waals surface area contributed by atoms with Gasteiger partial charge in [0.2, 0.25) is 0 Å². The molecule has 0 bridgehead atoms. The number of carbonyl (C=O) groups excluding carboxylic acids is 1. The van der Waals surface area contributed by atoms with E-state index in [-0.39, 0.29) is 12.0 Å². The first-order chi connectivity index (χ1) is 12.4. The Labute approximate surface area is 160 Å². The standard InChI is InChI=1S/C19H19ClN2O3S/c1-10(2)25-18-14(20)7-12(8-16(18)24-4)19(23)22-13-5-6-15-17(9-13)26-11(3)21-15/h5-10H,1-4H3,(H,22,23). The van der Waals surface area contributed by atoms with Gasteiger partial charge in [0, 0.05) is 11.3 Å². The molecule has 0 radical (unpaired) electrons. The molecule has 0 fully saturated rings. The van der Waals surface area contributed by atoms with E-state index in [1.165, 1.54) is 7.11 Å². The summed E-state index contributed by atoms with van der Waals surface area (Å²) in [4.78, 5) is 17.0. The number of nitrogens with zero attached hydrogens (tertiary/aromatic N) is 1. The van der Waals surface area contributed by atoms with Crippen LogP contribution >= 0.6 is 22.9 Å². The van der Waals surface area contributed by atoms with Crippen molar-refractivity contribution >= 4 is 44.7 Å². The maximum absolute atomic E-state index is 12.6. The summed E-state index contributed by atoms with van der Waals surface area (Å²) in [5.74, 6) is 0.578. The maximum Gasteiger partial charge on any atom is 0.255 e. The molecule has 1 aromatic heterocycles. The van der Waals surface area contributed by atoms with Crippen molar-refractivity contribution in [3.8, 4) is 11.5 Å². The fraction of sp³-hybridized carbons (Fsp3) is 0.263. The zero-order valence-electron chi connectivity index (χ0n) is 14.9. The van der Waals surface area contributed by atoms with E-state index in [0.29, 0.717) is 27.8 Å². The van der Waals surface area contributed by atoms with Gasteiger partial charge in [-0.2, -0.15) is 0 Å². The maximum atomic E-state index is 12.6. The molecule has 0 saturated heterocycles. The Hall–Kier alpha value is -2.31. The fourth-order valence-corrected chi connectivity index (χ4v) is 3.64. The third-order valence-electron chi connectivity index (χ3n) is 3.60. The molecule has 0 aliphatic carbocycles. The Morgan fingerprint density at radius 2 is 2.04 bits per heavy atom. The summed E-state index contributed by atoms with van der Waals surface area (Å²) in [5.41, 5.74) is 2.01. The summed E-state index contributed by atoms with van der Waals surface area (Å²) < 4.78 is 12.0. The molecule has 0 saturated carbocycles. The second-order valence-corrected chi connectivity index (χ2v) is 7.67. The minimum absolute atomic E-state index is 0.0596. The number of rotatable bonds is 5. The molecule has 3 rings (SSSR count). The van der Waals surface area contributed by atoms with Crippen molar-refractivity contribution in [2.75, 3.05) is 12.4 Å². The average molecular weight is 391 g/mol. The molecule has 1 amide bonds. The Balaban J connectivity index is 1.87. The molecule has 136 valence electrons. The van der Waals surface area contributed by atoms with Crippen LogP contribution in [0, 0.1) is 6.92 Å². The first-order valence-electron chi connectivity index (χ1n) is 8.10. The number of anilines is 1. The third-order valence-corrected chi connectivity index (χ3v) is 4.81. The number of aromatic nitrogens is 1. The lowest BCUT2D eigenvalue weighted by Gasteiger charge is -2.16. The quantitative estimate of drug-likeness (QED) is 0.641. The van der Waals surface area contributed by atoms with Gasteiger partial charge in [-0.15, -0.1) is 11.3 Å². The molecule has 0 unspecified atom stereocenters. The zero-order valence-corrected chi connectivity index (χ0v) is 16.5. The third kappa shape index (κ3) is 3.92. The lowest BCUT2D eigenvalue weighted by Crippen LogP contribution is -2.13. The molecule has 5 nitrogen and oxygen atoms in total. The molecule has 26 heavy (non-hydrogen) atoms. The number of hydrogen-bond donors (Lipinski definition) is 1. The van der Waals surface area contributed by atoms with Gasteiger partial charge in [-0.05, 0) is 51.1 Å². The lowest BCUT2D eigenvalue weighted by molar-refractivity contribution is 0.102. The number of aryl methyl sites for hydroxylation is 1. The second kappa shape index (κ2) is 7.51. The van der Waals surface area contributed by atoms with Gasteiger partial charge in [-0.25, -0.2) is 4.98 Å². The van der Waals surface area contributed by atoms with E-state index < -0.39 is 0 Å². The van der Waals surface area contributed by atoms with Crippen molar-refractivity contribution in [2.45, 2.75) is 26.9 Å². The molecular formula is C19H19ClN2O3S. The van der Waals surface area contributed by atoms with E-state index in [1.807, 2.05) is 39.0 Å². The first-order valence-corrected chi connectivity index (χ1v) is 9.29. The van der Waals surface area contributed by atoms with Crippen LogP contribution in [-0.2, 0) is 0 Å². The summed E-state index contributed by atoms with van der Waals surface area (Å²) in [5, 5.41) is 4.20. The van der Waals surface area contributed by atoms with E-state index in [1.54, 1.807) is 23.5 Å². The van der Waals surface area contributed by atoms with Crippen molar-refractivity contribution in [3.05, 3.63) is 45.9 Å². The van der Waals surface area contributed by atoms with Gasteiger partial charge in [0.1, 0.15) is 0 Å². The molecule has 0 spiro atoms. The Kier molecular flexibility index (Phi) is 5.34. The minimum atomic E-state index is -0.276. The Morgan fingerprint density at radius 3 is 2.73 bits per heavy atom. The predicted molar refractivity (Wildman–Crippen MR) is 106 cm³/mol. The molecule has 2 aromatic carbocycles. The number of benzene rings is 2. The van der Waals surface area contributed by atoms with Crippen LogP contribution in [0.1, 0.15) is 29.2 Å². The smallest absolute Gasteiger partial charge is 0.255 e. The monoisotopic (exact) mass is 390 g/mol. The number of amides is 1. The minimum Gasteiger partial charge on any atom is -0.493 e. The van der Waals surface area contributed by atoms with Crippen LogP contribution in [0.3, 0.4) is 0 Å². The number of methoxy groups -OCH3 is 1. The van der Waals surface area contributed by atoms with E-state index in [0.717, 1.165) is 15.2 Å². The highest BCUT2D eigenvalue weighted by molar-refractivity contribution is 7.18. The average Bonchev–Trinajstić information content (AvgIpc) is 2.95. The Bertz CT molecular complexity index is 969. The number of fused-ring (bicyclic) bond motifs is 1. The topological polar surface area (TPSA) is 60.5 Å². The van der Waals surface area contributed by atoms with Crippen LogP contribution in [0.4, 0.5) is 5.69 Å². The largest absolute Gasteiger partial charge is 0.493 e. The molecule has 1 heterocycles. The van der Waals surface area contributed by atoms with Crippen LogP contribution in [0.25, 0.3) is 10.2 Å². The second-order valence-electron chi connectivity index (χ2n) is 6.03. The fourth-order valence-electron chi connectivity index (χ4n) is 2.52. The van der Waals surface area contributed by atoms with Gasteiger partial charge in [0.25, 0.3) is 5.91 Å². The zero-order chi connectivity index (χ0) is 18.8. The van der Waals surface area contributed by atoms with E-state index in [2.05, 4.69) is 10.3 Å². The van der Waals surface area contributed by atoms with Crippen LogP contribution in [0.15, 0.2) is 30.3 Å². The van der Waals surface area contributed by atoms with Crippen LogP contribution in [-0.4, -0.2) is 24.1 Å². The van der Waals surface area contributed by atoms with E-state index >= 15 is 0 Å². The van der Waals surface area contributed by atoms with Crippen molar-refractivity contribution < 1.29 is 14.3 Å². The van der Waals surface area contributed by atoms with Crippen LogP contribution in [0.5, 0.6) is 11.5 Å². The molecular weight excluding hydrogens is 372 g/mol. The molecule has 0 atom stereocenters. The Morgan fingerprint density at radius 1 is 1.27 bits per heavy atom. The van der Waals surface area contributed by atoms with Crippen molar-refractivity contribution in [1.82, 2.24) is 4.98 Å². The van der Waals surface area contributed by atoms with Crippen LogP contribution in [0.2, 0.25) is 5.02 Å². The van der Waals surface area contributed by atoms with Gasteiger partial charge in [0.15, 0.2) is 11.5 Å². The van der Waals surface area contributed by atoms with Crippen molar-refractivity contribution in [1.29, 1.82) is 0 Å². The van der Waals surface area contributed by atoms with Gasteiger partial charge in [-0.3, -0.25) is 4.79 Å². The molecule has 0 aliphatic rings. The number of ether oxygens (including phenoxy) is 2. The highest BCUT2D eigenvalue weighted by Gasteiger charge is 2.17. The van der Waals surface area contributed by atoms with Crippen LogP contribution < -0.4 is 14.8 Å². The first kappa shape index (κ1) is 18.5. The van der Waals surface area contributed by atoms with Crippen molar-refractivity contribution in [2.24, 2.45) is 0 Å². The molecule has 7 heteroatoms. The lowest BCUT2D eigenvalue weighted by atomic mass is 10.1. The van der Waals surface area contributed by atoms with E-state index in [9.17, 15) is 4.79 Å². The number of hydrogen-bond acceptors (Lipinski definition) is 5. The van der Waals surface area contributed by atoms with Crippen molar-refractivity contribution in [3.63, 3.8) is 0 Å². The summed E-state index contributed by atoms with van der Waals surface area (Å²) in [6.07, 6.45) is -0.0596. The highest BCUT2D eigenvalue weighted by Crippen LogP contribution is 2.37. The highest BCUT2D eigenvalue weighted by atomic mass is 35.5. The van der Waals surface area contributed by atoms with Gasteiger partial charge in [-0.1, -0.05) is 11.6 Å². The molecule has 3 aromatic rings. The number of carbonyl (C=O) groups is 1. The molecule has 1 N–H and O–H groups in total. The predicted octanol–water partition coefficient (Wildman–Crippen LogP) is 5.31. The summed E-state index contributed by atoms with van der Waals surface area (Å²) >= 11 is 7.88. The SMILES string of the molecule is COc1cc(C(=O)Nc2ccc3nc(C)sc3c2)cc(Cl)c1OC(C)C. The number of halogens is 1. The number of thiazole rings is 1. The number of nitrogens with one attached hydrogen (secondary N) is 1. The van der Waals surface area contributed by atoms with E-state index in [4.69, 9.17) is 21.1 Å².